The number of hydrogen-bond acceptors (Lipinski definition) is 4. The van der Waals surface area contributed by atoms with Crippen LogP contribution in [0.2, 0.25) is 0 Å². The fourth-order valence-corrected chi connectivity index (χ4v) is 6.47. The number of fused-ring (bicyclic) bond motifs is 4. The molecule has 4 heteroatoms. The molecule has 0 aliphatic carbocycles. The highest BCUT2D eigenvalue weighted by Gasteiger charge is 2.26. The number of aromatic nitrogens is 1. The lowest BCUT2D eigenvalue weighted by atomic mass is 10.0. The van der Waals surface area contributed by atoms with Crippen LogP contribution in [0.25, 0.3) is 66.7 Å². The summed E-state index contributed by atoms with van der Waals surface area (Å²) in [6.45, 7) is 0. The van der Waals surface area contributed by atoms with E-state index in [2.05, 4.69) is 114 Å². The number of benzene rings is 7. The Kier molecular flexibility index (Phi) is 6.43. The van der Waals surface area contributed by atoms with Gasteiger partial charge in [0, 0.05) is 28.4 Å². The third-order valence-electron chi connectivity index (χ3n) is 8.69. The number of rotatable bonds is 6. The van der Waals surface area contributed by atoms with Crippen molar-refractivity contribution in [1.82, 2.24) is 4.98 Å². The molecule has 0 fully saturated rings. The molecule has 0 atom stereocenters. The summed E-state index contributed by atoms with van der Waals surface area (Å²) >= 11 is 0. The monoisotopic (exact) mass is 604 g/mol. The van der Waals surface area contributed by atoms with E-state index < -0.39 is 0 Å². The van der Waals surface area contributed by atoms with Crippen molar-refractivity contribution in [2.45, 2.75) is 0 Å². The van der Waals surface area contributed by atoms with Gasteiger partial charge in [-0.3, -0.25) is 0 Å². The third-order valence-corrected chi connectivity index (χ3v) is 8.69. The highest BCUT2D eigenvalue weighted by molar-refractivity contribution is 6.20. The van der Waals surface area contributed by atoms with Crippen molar-refractivity contribution in [3.8, 4) is 33.7 Å². The third kappa shape index (κ3) is 4.75. The summed E-state index contributed by atoms with van der Waals surface area (Å²) in [4.78, 5) is 7.48. The Morgan fingerprint density at radius 2 is 1.00 bits per heavy atom. The maximum Gasteiger partial charge on any atom is 0.227 e. The molecule has 9 aromatic rings. The van der Waals surface area contributed by atoms with Gasteiger partial charge in [-0.05, 0) is 64.7 Å². The SMILES string of the molecule is c1ccc(-c2ccc(N(c3cccc(-c4ccccc4)c3)c3c4nc(-c5ccccc5)oc4cc4oc5ccccc5c34)cc2)cc1. The van der Waals surface area contributed by atoms with Gasteiger partial charge in [-0.15, -0.1) is 0 Å². The summed E-state index contributed by atoms with van der Waals surface area (Å²) in [5, 5.41) is 2.01. The van der Waals surface area contributed by atoms with Crippen molar-refractivity contribution in [3.63, 3.8) is 0 Å². The molecule has 0 aliphatic rings. The summed E-state index contributed by atoms with van der Waals surface area (Å²) in [6.07, 6.45) is 0. The number of oxazole rings is 1. The zero-order valence-corrected chi connectivity index (χ0v) is 25.4. The number of anilines is 3. The van der Waals surface area contributed by atoms with Gasteiger partial charge in [-0.2, -0.15) is 0 Å². The molecule has 0 saturated carbocycles. The second-order valence-electron chi connectivity index (χ2n) is 11.6. The van der Waals surface area contributed by atoms with Crippen molar-refractivity contribution in [3.05, 3.63) is 170 Å². The standard InChI is InChI=1S/C43H28N2O2/c1-4-13-29(14-5-1)31-23-25-34(26-24-31)45(35-20-12-19-33(27-35)30-15-6-2-7-16-30)42-40-36-21-10-11-22-37(36)46-38(40)28-39-41(42)44-43(47-39)32-17-8-3-9-18-32/h1-28H. The van der Waals surface area contributed by atoms with E-state index in [1.54, 1.807) is 0 Å². The van der Waals surface area contributed by atoms with Gasteiger partial charge in [-0.1, -0.05) is 121 Å². The van der Waals surface area contributed by atoms with Crippen molar-refractivity contribution in [2.75, 3.05) is 4.90 Å². The minimum atomic E-state index is 0.566. The average Bonchev–Trinajstić information content (AvgIpc) is 3.75. The Morgan fingerprint density at radius 1 is 0.404 bits per heavy atom. The number of hydrogen-bond donors (Lipinski definition) is 0. The van der Waals surface area contributed by atoms with Crippen LogP contribution in [0.15, 0.2) is 179 Å². The first-order valence-electron chi connectivity index (χ1n) is 15.7. The van der Waals surface area contributed by atoms with Crippen LogP contribution in [0.1, 0.15) is 0 Å². The fourth-order valence-electron chi connectivity index (χ4n) is 6.47. The fraction of sp³-hybridized carbons (Fsp3) is 0. The second kappa shape index (κ2) is 11.2. The first-order chi connectivity index (χ1) is 23.3. The number of nitrogens with zero attached hydrogens (tertiary/aromatic N) is 2. The Balaban J connectivity index is 1.35. The van der Waals surface area contributed by atoms with E-state index in [-0.39, 0.29) is 0 Å². The van der Waals surface area contributed by atoms with Crippen LogP contribution in [0.5, 0.6) is 0 Å². The lowest BCUT2D eigenvalue weighted by Crippen LogP contribution is -2.11. The van der Waals surface area contributed by atoms with E-state index >= 15 is 0 Å². The predicted octanol–water partition coefficient (Wildman–Crippen LogP) is 12.2. The Labute approximate surface area is 271 Å². The van der Waals surface area contributed by atoms with Crippen LogP contribution in [-0.4, -0.2) is 4.98 Å². The highest BCUT2D eigenvalue weighted by Crippen LogP contribution is 2.48. The summed E-state index contributed by atoms with van der Waals surface area (Å²) in [5.41, 5.74) is 11.4. The number of furan rings is 1. The van der Waals surface area contributed by atoms with Crippen LogP contribution in [0.3, 0.4) is 0 Å². The van der Waals surface area contributed by atoms with E-state index in [0.29, 0.717) is 11.5 Å². The van der Waals surface area contributed by atoms with Gasteiger partial charge in [0.15, 0.2) is 5.58 Å². The highest BCUT2D eigenvalue weighted by atomic mass is 16.4. The number of para-hydroxylation sites is 1. The zero-order valence-electron chi connectivity index (χ0n) is 25.4. The van der Waals surface area contributed by atoms with Crippen molar-refractivity contribution in [1.29, 1.82) is 0 Å². The minimum absolute atomic E-state index is 0.566. The summed E-state index contributed by atoms with van der Waals surface area (Å²) in [5.74, 6) is 0.566. The van der Waals surface area contributed by atoms with Gasteiger partial charge in [0.05, 0.1) is 11.1 Å². The summed E-state index contributed by atoms with van der Waals surface area (Å²) in [6, 6.07) is 58.5. The van der Waals surface area contributed by atoms with Crippen LogP contribution < -0.4 is 4.90 Å². The largest absolute Gasteiger partial charge is 0.456 e. The summed E-state index contributed by atoms with van der Waals surface area (Å²) < 4.78 is 13.0. The topological polar surface area (TPSA) is 42.4 Å². The minimum Gasteiger partial charge on any atom is -0.456 e. The molecule has 2 aromatic heterocycles. The molecule has 2 heterocycles. The van der Waals surface area contributed by atoms with E-state index in [1.807, 2.05) is 60.7 Å². The smallest absolute Gasteiger partial charge is 0.227 e. The Morgan fingerprint density at radius 3 is 1.72 bits per heavy atom. The second-order valence-corrected chi connectivity index (χ2v) is 11.6. The lowest BCUT2D eigenvalue weighted by Gasteiger charge is -2.27. The van der Waals surface area contributed by atoms with Gasteiger partial charge >= 0.3 is 0 Å². The normalized spacial score (nSPS) is 11.4. The molecule has 0 amide bonds. The molecule has 222 valence electrons. The van der Waals surface area contributed by atoms with Gasteiger partial charge in [-0.25, -0.2) is 4.98 Å². The quantitative estimate of drug-likeness (QED) is 0.189. The van der Waals surface area contributed by atoms with Gasteiger partial charge in [0.2, 0.25) is 5.89 Å². The van der Waals surface area contributed by atoms with Crippen LogP contribution >= 0.6 is 0 Å². The van der Waals surface area contributed by atoms with Crippen molar-refractivity contribution < 1.29 is 8.83 Å². The molecule has 0 spiro atoms. The van der Waals surface area contributed by atoms with Crippen molar-refractivity contribution >= 4 is 50.1 Å². The predicted molar refractivity (Wildman–Crippen MR) is 192 cm³/mol. The first-order valence-corrected chi connectivity index (χ1v) is 15.7. The maximum absolute atomic E-state index is 6.49. The zero-order chi connectivity index (χ0) is 31.2. The van der Waals surface area contributed by atoms with E-state index in [4.69, 9.17) is 13.8 Å². The van der Waals surface area contributed by atoms with E-state index in [0.717, 1.165) is 66.8 Å². The molecular formula is C43H28N2O2. The molecule has 0 radical (unpaired) electrons. The molecule has 4 nitrogen and oxygen atoms in total. The Hall–Kier alpha value is -6.39. The van der Waals surface area contributed by atoms with Gasteiger partial charge in [0.1, 0.15) is 16.7 Å². The molecule has 0 unspecified atom stereocenters. The van der Waals surface area contributed by atoms with Gasteiger partial charge < -0.3 is 13.7 Å². The molecule has 0 N–H and O–H groups in total. The van der Waals surface area contributed by atoms with E-state index in [9.17, 15) is 0 Å². The molecular weight excluding hydrogens is 576 g/mol. The lowest BCUT2D eigenvalue weighted by molar-refractivity contribution is 0.617. The van der Waals surface area contributed by atoms with E-state index in [1.165, 1.54) is 5.56 Å². The molecule has 0 saturated heterocycles. The molecule has 9 rings (SSSR count). The van der Waals surface area contributed by atoms with Crippen molar-refractivity contribution in [2.24, 2.45) is 0 Å². The molecule has 0 bridgehead atoms. The van der Waals surface area contributed by atoms with Crippen LogP contribution in [-0.2, 0) is 0 Å². The molecule has 47 heavy (non-hydrogen) atoms. The Bertz CT molecular complexity index is 2500. The average molecular weight is 605 g/mol. The summed E-state index contributed by atoms with van der Waals surface area (Å²) in [7, 11) is 0. The van der Waals surface area contributed by atoms with Crippen LogP contribution in [0, 0.1) is 0 Å². The van der Waals surface area contributed by atoms with Crippen LogP contribution in [0.4, 0.5) is 17.1 Å². The molecule has 7 aromatic carbocycles. The molecule has 0 aliphatic heterocycles. The van der Waals surface area contributed by atoms with Gasteiger partial charge in [0.25, 0.3) is 0 Å². The maximum atomic E-state index is 6.49. The first kappa shape index (κ1) is 27.0.